The molecular formula is C25H30BrN5O4S. The second-order valence-electron chi connectivity index (χ2n) is 9.01. The Balaban J connectivity index is 1.51. The van der Waals surface area contributed by atoms with Crippen LogP contribution in [0.5, 0.6) is 0 Å². The van der Waals surface area contributed by atoms with Gasteiger partial charge in [0.15, 0.2) is 0 Å². The number of aromatic nitrogens is 2. The summed E-state index contributed by atoms with van der Waals surface area (Å²) in [5.41, 5.74) is 0.771. The van der Waals surface area contributed by atoms with Gasteiger partial charge in [-0.3, -0.25) is 4.90 Å². The highest BCUT2D eigenvalue weighted by Gasteiger charge is 2.30. The maximum Gasteiger partial charge on any atom is 0.328 e. The number of methoxy groups -OCH3 is 1. The number of rotatable bonds is 8. The average Bonchev–Trinajstić information content (AvgIpc) is 2.87. The molecular weight excluding hydrogens is 546 g/mol. The maximum absolute atomic E-state index is 13.1. The summed E-state index contributed by atoms with van der Waals surface area (Å²) in [6.45, 7) is 6.22. The van der Waals surface area contributed by atoms with Crippen molar-refractivity contribution < 1.29 is 17.9 Å². The van der Waals surface area contributed by atoms with Gasteiger partial charge in [0.2, 0.25) is 10.0 Å². The zero-order chi connectivity index (χ0) is 25.9. The van der Waals surface area contributed by atoms with Crippen LogP contribution in [0.2, 0.25) is 0 Å². The molecule has 0 bridgehead atoms. The lowest BCUT2D eigenvalue weighted by Gasteiger charge is -2.33. The van der Waals surface area contributed by atoms with E-state index in [1.54, 1.807) is 24.3 Å². The van der Waals surface area contributed by atoms with E-state index < -0.39 is 16.1 Å². The highest BCUT2D eigenvalue weighted by atomic mass is 79.9. The number of carbonyl (C=O) groups is 1. The van der Waals surface area contributed by atoms with Crippen molar-refractivity contribution in [2.75, 3.05) is 38.6 Å². The molecule has 9 nitrogen and oxygen atoms in total. The van der Waals surface area contributed by atoms with Crippen LogP contribution in [0.1, 0.15) is 19.7 Å². The van der Waals surface area contributed by atoms with E-state index in [0.29, 0.717) is 48.8 Å². The summed E-state index contributed by atoms with van der Waals surface area (Å²) in [6.07, 6.45) is 0. The molecule has 11 heteroatoms. The fraction of sp³-hybridized carbons (Fsp3) is 0.400. The number of benzene rings is 2. The number of hydrogen-bond donors (Lipinski definition) is 1. The second-order valence-corrected chi connectivity index (χ2v) is 11.8. The molecule has 4 rings (SSSR count). The summed E-state index contributed by atoms with van der Waals surface area (Å²) in [6, 6.07) is 14.0. The molecule has 1 fully saturated rings. The number of ether oxygens (including phenoxy) is 1. The Kier molecular flexibility index (Phi) is 8.23. The number of hydrogen-bond acceptors (Lipinski definition) is 8. The molecule has 0 saturated carbocycles. The fourth-order valence-electron chi connectivity index (χ4n) is 4.20. The molecule has 0 unspecified atom stereocenters. The monoisotopic (exact) mass is 575 g/mol. The Morgan fingerprint density at radius 2 is 1.72 bits per heavy atom. The zero-order valence-corrected chi connectivity index (χ0v) is 22.9. The summed E-state index contributed by atoms with van der Waals surface area (Å²) in [5.74, 6) is 0.825. The van der Waals surface area contributed by atoms with Gasteiger partial charge in [-0.1, -0.05) is 38.1 Å². The SMILES string of the molecule is COC(=O)[C@@H](Nc1nc(CN2CCN(S(=O)(=O)c3ccccc3Br)CC2)nc2ccccc12)C(C)C. The first-order chi connectivity index (χ1) is 17.2. The van der Waals surface area contributed by atoms with Crippen molar-refractivity contribution in [1.29, 1.82) is 0 Å². The van der Waals surface area contributed by atoms with E-state index in [0.717, 1.165) is 10.9 Å². The highest BCUT2D eigenvalue weighted by Crippen LogP contribution is 2.26. The third kappa shape index (κ3) is 5.69. The quantitative estimate of drug-likeness (QED) is 0.407. The van der Waals surface area contributed by atoms with Crippen molar-refractivity contribution in [1.82, 2.24) is 19.2 Å². The Bertz CT molecular complexity index is 1340. The third-order valence-electron chi connectivity index (χ3n) is 6.21. The minimum atomic E-state index is -3.58. The van der Waals surface area contributed by atoms with Crippen LogP contribution in [0.25, 0.3) is 10.9 Å². The first-order valence-corrected chi connectivity index (χ1v) is 14.0. The molecule has 0 aliphatic carbocycles. The number of esters is 1. The average molecular weight is 577 g/mol. The van der Waals surface area contributed by atoms with Gasteiger partial charge >= 0.3 is 5.97 Å². The Morgan fingerprint density at radius 3 is 2.39 bits per heavy atom. The number of anilines is 1. The number of para-hydroxylation sites is 1. The van der Waals surface area contributed by atoms with E-state index in [2.05, 4.69) is 26.1 Å². The predicted molar refractivity (Wildman–Crippen MR) is 142 cm³/mol. The molecule has 1 aromatic heterocycles. The Hall–Kier alpha value is -2.60. The van der Waals surface area contributed by atoms with Crippen molar-refractivity contribution in [3.8, 4) is 0 Å². The number of nitrogens with one attached hydrogen (secondary N) is 1. The molecule has 36 heavy (non-hydrogen) atoms. The highest BCUT2D eigenvalue weighted by molar-refractivity contribution is 9.10. The number of sulfonamides is 1. The maximum atomic E-state index is 13.1. The van der Waals surface area contributed by atoms with Crippen LogP contribution < -0.4 is 5.32 Å². The van der Waals surface area contributed by atoms with Crippen molar-refractivity contribution >= 4 is 48.6 Å². The lowest BCUT2D eigenvalue weighted by atomic mass is 10.0. The summed E-state index contributed by atoms with van der Waals surface area (Å²) >= 11 is 3.35. The van der Waals surface area contributed by atoms with E-state index in [1.807, 2.05) is 38.1 Å². The molecule has 2 heterocycles. The van der Waals surface area contributed by atoms with Crippen molar-refractivity contribution in [3.05, 3.63) is 58.8 Å². The number of nitrogens with zero attached hydrogens (tertiary/aromatic N) is 4. The van der Waals surface area contributed by atoms with Gasteiger partial charge < -0.3 is 10.1 Å². The lowest BCUT2D eigenvalue weighted by Crippen LogP contribution is -2.48. The predicted octanol–water partition coefficient (Wildman–Crippen LogP) is 3.51. The van der Waals surface area contributed by atoms with E-state index >= 15 is 0 Å². The lowest BCUT2D eigenvalue weighted by molar-refractivity contribution is -0.142. The van der Waals surface area contributed by atoms with Crippen LogP contribution in [0.3, 0.4) is 0 Å². The van der Waals surface area contributed by atoms with Crippen molar-refractivity contribution in [3.63, 3.8) is 0 Å². The van der Waals surface area contributed by atoms with Gasteiger partial charge in [0, 0.05) is 36.0 Å². The molecule has 3 aromatic rings. The molecule has 192 valence electrons. The van der Waals surface area contributed by atoms with Gasteiger partial charge in [-0.2, -0.15) is 4.31 Å². The largest absolute Gasteiger partial charge is 0.467 e. The number of fused-ring (bicyclic) bond motifs is 1. The number of halogens is 1. The standard InChI is InChI=1S/C25H30BrN5O4S/c1-17(2)23(25(32)35-3)29-24-18-8-4-6-10-20(18)27-22(28-24)16-30-12-14-31(15-13-30)36(33,34)21-11-7-5-9-19(21)26/h4-11,17,23H,12-16H2,1-3H3,(H,27,28,29)/t23-/m0/s1. The second kappa shape index (κ2) is 11.2. The number of piperazine rings is 1. The van der Waals surface area contributed by atoms with Gasteiger partial charge in [0.05, 0.1) is 24.1 Å². The Morgan fingerprint density at radius 1 is 1.06 bits per heavy atom. The number of carbonyl (C=O) groups excluding carboxylic acids is 1. The van der Waals surface area contributed by atoms with Gasteiger partial charge in [-0.25, -0.2) is 23.2 Å². The van der Waals surface area contributed by atoms with E-state index in [4.69, 9.17) is 14.7 Å². The Labute approximate surface area is 220 Å². The third-order valence-corrected chi connectivity index (χ3v) is 9.13. The minimum Gasteiger partial charge on any atom is -0.467 e. The molecule has 1 atom stereocenters. The zero-order valence-electron chi connectivity index (χ0n) is 20.5. The molecule has 1 N–H and O–H groups in total. The van der Waals surface area contributed by atoms with Gasteiger partial charge in [-0.15, -0.1) is 0 Å². The van der Waals surface area contributed by atoms with Crippen LogP contribution in [0.4, 0.5) is 5.82 Å². The first-order valence-electron chi connectivity index (χ1n) is 11.8. The molecule has 2 aromatic carbocycles. The molecule has 1 aliphatic rings. The van der Waals surface area contributed by atoms with E-state index in [1.165, 1.54) is 11.4 Å². The van der Waals surface area contributed by atoms with Crippen LogP contribution in [0, 0.1) is 5.92 Å². The first kappa shape index (κ1) is 26.5. The van der Waals surface area contributed by atoms with Crippen LogP contribution in [-0.2, 0) is 26.1 Å². The fourth-order valence-corrected chi connectivity index (χ4v) is 6.58. The van der Waals surface area contributed by atoms with Crippen LogP contribution in [-0.4, -0.2) is 72.9 Å². The van der Waals surface area contributed by atoms with Gasteiger partial charge in [0.1, 0.15) is 17.7 Å². The molecule has 0 amide bonds. The summed E-state index contributed by atoms with van der Waals surface area (Å²) < 4.78 is 33.3. The van der Waals surface area contributed by atoms with E-state index in [-0.39, 0.29) is 16.8 Å². The van der Waals surface area contributed by atoms with Crippen molar-refractivity contribution in [2.24, 2.45) is 5.92 Å². The van der Waals surface area contributed by atoms with Gasteiger partial charge in [-0.05, 0) is 46.1 Å². The minimum absolute atomic E-state index is 0.00527. The summed E-state index contributed by atoms with van der Waals surface area (Å²) in [7, 11) is -2.21. The molecule has 1 aliphatic heterocycles. The summed E-state index contributed by atoms with van der Waals surface area (Å²) in [5, 5.41) is 4.08. The molecule has 1 saturated heterocycles. The topological polar surface area (TPSA) is 105 Å². The smallest absolute Gasteiger partial charge is 0.328 e. The summed E-state index contributed by atoms with van der Waals surface area (Å²) in [4.78, 5) is 24.2. The van der Waals surface area contributed by atoms with E-state index in [9.17, 15) is 13.2 Å². The van der Waals surface area contributed by atoms with Crippen LogP contribution in [0.15, 0.2) is 57.9 Å². The van der Waals surface area contributed by atoms with Crippen molar-refractivity contribution in [2.45, 2.75) is 31.3 Å². The normalized spacial score (nSPS) is 16.2. The van der Waals surface area contributed by atoms with Crippen LogP contribution >= 0.6 is 15.9 Å². The molecule has 0 spiro atoms. The van der Waals surface area contributed by atoms with Gasteiger partial charge in [0.25, 0.3) is 0 Å². The molecule has 0 radical (unpaired) electrons.